The summed E-state index contributed by atoms with van der Waals surface area (Å²) in [5.74, 6) is -1.92. The number of hydrogen-bond acceptors (Lipinski definition) is 4. The van der Waals surface area contributed by atoms with Crippen LogP contribution < -0.4 is 0 Å². The van der Waals surface area contributed by atoms with Gasteiger partial charge in [0, 0.05) is 54.6 Å². The van der Waals surface area contributed by atoms with E-state index in [-0.39, 0.29) is 30.9 Å². The van der Waals surface area contributed by atoms with Gasteiger partial charge in [-0.3, -0.25) is 0 Å². The van der Waals surface area contributed by atoms with Gasteiger partial charge in [-0.25, -0.2) is 13.8 Å². The molecule has 1 aliphatic carbocycles. The van der Waals surface area contributed by atoms with Gasteiger partial charge in [0.2, 0.25) is 5.92 Å². The van der Waals surface area contributed by atoms with Crippen LogP contribution in [0.5, 0.6) is 0 Å². The maximum atomic E-state index is 13.4. The summed E-state index contributed by atoms with van der Waals surface area (Å²) in [6.45, 7) is 0. The highest BCUT2D eigenvalue weighted by molar-refractivity contribution is 7.92. The first kappa shape index (κ1) is 19.2. The summed E-state index contributed by atoms with van der Waals surface area (Å²) in [6.07, 6.45) is 5.21. The molecular formula is C21H19F2N5OS. The number of aromatic nitrogens is 5. The van der Waals surface area contributed by atoms with Crippen molar-refractivity contribution in [1.29, 1.82) is 0 Å². The molecule has 1 unspecified atom stereocenters. The van der Waals surface area contributed by atoms with Crippen LogP contribution in [0.25, 0.3) is 28.1 Å². The molecular weight excluding hydrogens is 408 g/mol. The van der Waals surface area contributed by atoms with E-state index in [0.29, 0.717) is 10.7 Å². The van der Waals surface area contributed by atoms with Crippen molar-refractivity contribution in [3.05, 3.63) is 55.1 Å². The molecule has 0 bridgehead atoms. The Kier molecular flexibility index (Phi) is 4.79. The molecule has 1 fully saturated rings. The summed E-state index contributed by atoms with van der Waals surface area (Å²) >= 11 is -1.34. The molecule has 1 aromatic carbocycles. The summed E-state index contributed by atoms with van der Waals surface area (Å²) < 4.78 is 41.6. The van der Waals surface area contributed by atoms with E-state index in [1.807, 2.05) is 47.2 Å². The lowest BCUT2D eigenvalue weighted by Gasteiger charge is -2.29. The zero-order valence-electron chi connectivity index (χ0n) is 16.0. The van der Waals surface area contributed by atoms with Crippen molar-refractivity contribution in [2.45, 2.75) is 41.8 Å². The predicted molar refractivity (Wildman–Crippen MR) is 110 cm³/mol. The van der Waals surface area contributed by atoms with E-state index in [0.717, 1.165) is 22.3 Å². The van der Waals surface area contributed by atoms with Crippen molar-refractivity contribution < 1.29 is 13.3 Å². The van der Waals surface area contributed by atoms with Gasteiger partial charge in [0.25, 0.3) is 0 Å². The van der Waals surface area contributed by atoms with Crippen LogP contribution >= 0.6 is 0 Å². The summed E-state index contributed by atoms with van der Waals surface area (Å²) in [7, 11) is 0. The molecule has 6 nitrogen and oxygen atoms in total. The van der Waals surface area contributed by atoms with Crippen LogP contribution in [0.2, 0.25) is 0 Å². The van der Waals surface area contributed by atoms with Gasteiger partial charge in [0.15, 0.2) is 10.7 Å². The fourth-order valence-corrected chi connectivity index (χ4v) is 5.32. The number of alkyl halides is 2. The third-order valence-electron chi connectivity index (χ3n) is 5.54. The van der Waals surface area contributed by atoms with Crippen molar-refractivity contribution >= 4 is 22.2 Å². The molecule has 3 heterocycles. The molecule has 4 aromatic rings. The molecule has 5 rings (SSSR count). The molecule has 1 N–H and O–H groups in total. The van der Waals surface area contributed by atoms with E-state index in [2.05, 4.69) is 20.2 Å². The van der Waals surface area contributed by atoms with Crippen molar-refractivity contribution in [3.63, 3.8) is 0 Å². The normalized spacial score (nSPS) is 18.0. The van der Waals surface area contributed by atoms with Gasteiger partial charge >= 0.3 is 0 Å². The van der Waals surface area contributed by atoms with E-state index in [4.69, 9.17) is 0 Å². The standard InChI is InChI=1S/C21H19F2N5OS/c22-21(23)8-5-17(6-9-21)30(29)18-11-15-7-10-28(20(15)24-12-18)16-3-1-14(2-4-16)19-25-13-26-27-19/h1-4,7,10-13,17H,5-6,8-9H2,(H,25,26,27). The summed E-state index contributed by atoms with van der Waals surface area (Å²) in [4.78, 5) is 8.09. The molecule has 1 aliphatic rings. The number of fused-ring (bicyclic) bond motifs is 1. The highest BCUT2D eigenvalue weighted by atomic mass is 32.2. The molecule has 30 heavy (non-hydrogen) atoms. The lowest BCUT2D eigenvalue weighted by Crippen LogP contribution is -2.32. The number of H-pyrrole nitrogens is 1. The second kappa shape index (κ2) is 7.48. The number of aromatic amines is 1. The van der Waals surface area contributed by atoms with E-state index < -0.39 is 17.1 Å². The summed E-state index contributed by atoms with van der Waals surface area (Å²) in [5, 5.41) is 8.42. The van der Waals surface area contributed by atoms with Gasteiger partial charge in [-0.2, -0.15) is 0 Å². The first-order chi connectivity index (χ1) is 14.5. The van der Waals surface area contributed by atoms with Crippen LogP contribution in [0.1, 0.15) is 25.7 Å². The Balaban J connectivity index is 1.39. The first-order valence-electron chi connectivity index (χ1n) is 9.73. The molecule has 9 heteroatoms. The topological polar surface area (TPSA) is 82.4 Å². The van der Waals surface area contributed by atoms with Crippen LogP contribution in [-0.4, -0.2) is 40.5 Å². The van der Waals surface area contributed by atoms with Gasteiger partial charge < -0.3 is 14.1 Å². The van der Waals surface area contributed by atoms with E-state index in [9.17, 15) is 13.3 Å². The minimum atomic E-state index is -2.62. The smallest absolute Gasteiger partial charge is 0.248 e. The molecule has 0 radical (unpaired) electrons. The maximum absolute atomic E-state index is 13.4. The number of nitrogens with one attached hydrogen (secondary N) is 1. The Labute approximate surface area is 174 Å². The SMILES string of the molecule is [O-][S+](c1cnc2c(ccn2-c2ccc(-c3nnc[nH]3)cc2)c1)C1CCC(F)(F)CC1. The monoisotopic (exact) mass is 427 g/mol. The molecule has 0 saturated heterocycles. The van der Waals surface area contributed by atoms with Gasteiger partial charge in [-0.1, -0.05) is 0 Å². The predicted octanol–water partition coefficient (Wildman–Crippen LogP) is 4.50. The Hall–Kier alpha value is -2.78. The van der Waals surface area contributed by atoms with Gasteiger partial charge in [-0.15, -0.1) is 10.2 Å². The van der Waals surface area contributed by atoms with E-state index in [1.54, 1.807) is 6.20 Å². The molecule has 0 amide bonds. The quantitative estimate of drug-likeness (QED) is 0.486. The molecule has 0 aliphatic heterocycles. The Morgan fingerprint density at radius 1 is 1.13 bits per heavy atom. The number of halogens is 2. The molecule has 1 atom stereocenters. The maximum Gasteiger partial charge on any atom is 0.248 e. The van der Waals surface area contributed by atoms with Crippen molar-refractivity contribution in [1.82, 2.24) is 24.7 Å². The highest BCUT2D eigenvalue weighted by Crippen LogP contribution is 2.37. The number of nitrogens with zero attached hydrogens (tertiary/aromatic N) is 4. The van der Waals surface area contributed by atoms with Crippen LogP contribution in [0.15, 0.2) is 60.0 Å². The van der Waals surface area contributed by atoms with Gasteiger partial charge in [0.1, 0.15) is 17.2 Å². The number of rotatable bonds is 4. The minimum absolute atomic E-state index is 0.195. The van der Waals surface area contributed by atoms with Gasteiger partial charge in [-0.05, 0) is 41.5 Å². The Morgan fingerprint density at radius 2 is 1.90 bits per heavy atom. The van der Waals surface area contributed by atoms with Crippen LogP contribution in [0.3, 0.4) is 0 Å². The summed E-state index contributed by atoms with van der Waals surface area (Å²) in [5.41, 5.74) is 2.61. The molecule has 154 valence electrons. The number of benzene rings is 1. The number of pyridine rings is 1. The molecule has 1 saturated carbocycles. The van der Waals surface area contributed by atoms with Gasteiger partial charge in [0.05, 0.1) is 6.20 Å². The largest absolute Gasteiger partial charge is 0.611 e. The van der Waals surface area contributed by atoms with Crippen molar-refractivity contribution in [3.8, 4) is 17.1 Å². The fourth-order valence-electron chi connectivity index (χ4n) is 3.87. The lowest BCUT2D eigenvalue weighted by molar-refractivity contribution is -0.0328. The average Bonchev–Trinajstić information content (AvgIpc) is 3.43. The lowest BCUT2D eigenvalue weighted by atomic mass is 9.96. The number of hydrogen-bond donors (Lipinski definition) is 1. The third kappa shape index (κ3) is 3.59. The van der Waals surface area contributed by atoms with Crippen LogP contribution in [-0.2, 0) is 11.2 Å². The second-order valence-corrected chi connectivity index (χ2v) is 9.24. The highest BCUT2D eigenvalue weighted by Gasteiger charge is 2.40. The van der Waals surface area contributed by atoms with E-state index in [1.165, 1.54) is 6.33 Å². The first-order valence-corrected chi connectivity index (χ1v) is 10.9. The Morgan fingerprint density at radius 3 is 2.60 bits per heavy atom. The second-order valence-electron chi connectivity index (χ2n) is 7.51. The zero-order chi connectivity index (χ0) is 20.7. The van der Waals surface area contributed by atoms with E-state index >= 15 is 0 Å². The third-order valence-corrected chi connectivity index (χ3v) is 7.30. The molecule has 3 aromatic heterocycles. The fraction of sp³-hybridized carbons (Fsp3) is 0.286. The minimum Gasteiger partial charge on any atom is -0.611 e. The van der Waals surface area contributed by atoms with Crippen molar-refractivity contribution in [2.24, 2.45) is 0 Å². The Bertz CT molecular complexity index is 1150. The zero-order valence-corrected chi connectivity index (χ0v) is 16.8. The average molecular weight is 427 g/mol. The molecule has 0 spiro atoms. The van der Waals surface area contributed by atoms with Crippen molar-refractivity contribution in [2.75, 3.05) is 0 Å². The van der Waals surface area contributed by atoms with Crippen LogP contribution in [0.4, 0.5) is 8.78 Å². The van der Waals surface area contributed by atoms with Crippen LogP contribution in [0, 0.1) is 0 Å². The summed E-state index contributed by atoms with van der Waals surface area (Å²) in [6, 6.07) is 11.6.